The summed E-state index contributed by atoms with van der Waals surface area (Å²) >= 11 is 0. The van der Waals surface area contributed by atoms with Crippen LogP contribution in [-0.2, 0) is 22.6 Å². The van der Waals surface area contributed by atoms with Crippen molar-refractivity contribution in [1.82, 2.24) is 10.2 Å². The fraction of sp³-hybridized carbons (Fsp3) is 0.263. The minimum Gasteiger partial charge on any atom is -0.344 e. The predicted octanol–water partition coefficient (Wildman–Crippen LogP) is 2.42. The van der Waals surface area contributed by atoms with E-state index in [0.29, 0.717) is 25.1 Å². The molecule has 1 N–H and O–H groups in total. The Bertz CT molecular complexity index is 760. The molecule has 1 aliphatic rings. The maximum absolute atomic E-state index is 12.9. The Morgan fingerprint density at radius 2 is 1.56 bits per heavy atom. The third-order valence-corrected chi connectivity index (χ3v) is 4.20. The molecule has 1 heterocycles. The van der Waals surface area contributed by atoms with E-state index in [0.717, 1.165) is 5.56 Å². The van der Waals surface area contributed by atoms with Crippen LogP contribution in [0.1, 0.15) is 17.5 Å². The smallest absolute Gasteiger partial charge is 0.245 e. The number of nitrogens with one attached hydrogen (secondary N) is 1. The molecule has 0 saturated carbocycles. The molecule has 2 aromatic carbocycles. The third kappa shape index (κ3) is 4.41. The number of likely N-dealkylation sites (tertiary alicyclic amines) is 1. The van der Waals surface area contributed by atoms with Gasteiger partial charge >= 0.3 is 0 Å². The molecule has 25 heavy (non-hydrogen) atoms. The molecule has 6 heteroatoms. The summed E-state index contributed by atoms with van der Waals surface area (Å²) in [4.78, 5) is 26.1. The molecular formula is C19H18F2N2O2. The zero-order chi connectivity index (χ0) is 17.8. The highest BCUT2D eigenvalue weighted by atomic mass is 19.1. The van der Waals surface area contributed by atoms with Gasteiger partial charge in [0.05, 0.1) is 6.42 Å². The summed E-state index contributed by atoms with van der Waals surface area (Å²) in [5, 5.41) is 2.73. The Morgan fingerprint density at radius 1 is 1.00 bits per heavy atom. The first-order chi connectivity index (χ1) is 12.0. The van der Waals surface area contributed by atoms with Crippen molar-refractivity contribution in [2.45, 2.75) is 25.4 Å². The second-order valence-corrected chi connectivity index (χ2v) is 6.10. The molecule has 0 aliphatic carbocycles. The van der Waals surface area contributed by atoms with E-state index in [1.807, 2.05) is 0 Å². The molecule has 1 fully saturated rings. The number of rotatable bonds is 5. The number of halogens is 2. The first-order valence-corrected chi connectivity index (χ1v) is 8.08. The number of hydrogen-bond acceptors (Lipinski definition) is 2. The van der Waals surface area contributed by atoms with Gasteiger partial charge in [0.1, 0.15) is 17.7 Å². The van der Waals surface area contributed by atoms with E-state index in [-0.39, 0.29) is 29.9 Å². The predicted molar refractivity (Wildman–Crippen MR) is 88.5 cm³/mol. The van der Waals surface area contributed by atoms with Crippen molar-refractivity contribution in [2.24, 2.45) is 0 Å². The average molecular weight is 344 g/mol. The molecular weight excluding hydrogens is 326 g/mol. The van der Waals surface area contributed by atoms with E-state index in [1.54, 1.807) is 29.2 Å². The third-order valence-electron chi connectivity index (χ3n) is 4.20. The van der Waals surface area contributed by atoms with Crippen LogP contribution in [0.4, 0.5) is 8.78 Å². The van der Waals surface area contributed by atoms with Crippen molar-refractivity contribution in [3.05, 3.63) is 71.3 Å². The van der Waals surface area contributed by atoms with E-state index < -0.39 is 6.04 Å². The number of carbonyl (C=O) groups excluding carboxylic acids is 2. The lowest BCUT2D eigenvalue weighted by molar-refractivity contribution is -0.132. The Kier molecular flexibility index (Phi) is 5.07. The monoisotopic (exact) mass is 344 g/mol. The molecule has 130 valence electrons. The van der Waals surface area contributed by atoms with Gasteiger partial charge in [-0.05, 0) is 41.8 Å². The van der Waals surface area contributed by atoms with Crippen LogP contribution in [0, 0.1) is 11.6 Å². The van der Waals surface area contributed by atoms with Crippen LogP contribution in [0.3, 0.4) is 0 Å². The van der Waals surface area contributed by atoms with Gasteiger partial charge in [0.25, 0.3) is 0 Å². The molecule has 4 nitrogen and oxygen atoms in total. The summed E-state index contributed by atoms with van der Waals surface area (Å²) in [6.07, 6.45) is 0.636. The normalized spacial score (nSPS) is 17.0. The van der Waals surface area contributed by atoms with Crippen LogP contribution in [0.5, 0.6) is 0 Å². The molecule has 0 radical (unpaired) electrons. The second-order valence-electron chi connectivity index (χ2n) is 6.10. The Hall–Kier alpha value is -2.76. The topological polar surface area (TPSA) is 49.4 Å². The SMILES string of the molecule is O=C(Cc1ccc(F)cc1)N[C@H]1CCN(Cc2ccc(F)cc2)C1=O. The zero-order valence-electron chi connectivity index (χ0n) is 13.5. The fourth-order valence-electron chi connectivity index (χ4n) is 2.87. The highest BCUT2D eigenvalue weighted by Crippen LogP contribution is 2.16. The number of hydrogen-bond donors (Lipinski definition) is 1. The number of nitrogens with zero attached hydrogens (tertiary/aromatic N) is 1. The van der Waals surface area contributed by atoms with Gasteiger partial charge in [-0.3, -0.25) is 9.59 Å². The summed E-state index contributed by atoms with van der Waals surface area (Å²) < 4.78 is 25.8. The molecule has 0 aromatic heterocycles. The largest absolute Gasteiger partial charge is 0.344 e. The van der Waals surface area contributed by atoms with E-state index in [9.17, 15) is 18.4 Å². The summed E-state index contributed by atoms with van der Waals surface area (Å²) in [6.45, 7) is 0.932. The van der Waals surface area contributed by atoms with E-state index in [1.165, 1.54) is 24.3 Å². The van der Waals surface area contributed by atoms with Crippen molar-refractivity contribution >= 4 is 11.8 Å². The van der Waals surface area contributed by atoms with Crippen molar-refractivity contribution in [3.8, 4) is 0 Å². The first-order valence-electron chi connectivity index (χ1n) is 8.08. The van der Waals surface area contributed by atoms with E-state index in [2.05, 4.69) is 5.32 Å². The van der Waals surface area contributed by atoms with Gasteiger partial charge in [0.2, 0.25) is 11.8 Å². The van der Waals surface area contributed by atoms with Crippen LogP contribution in [-0.4, -0.2) is 29.3 Å². The summed E-state index contributed by atoms with van der Waals surface area (Å²) in [6, 6.07) is 11.1. The van der Waals surface area contributed by atoms with E-state index in [4.69, 9.17) is 0 Å². The molecule has 2 aromatic rings. The lowest BCUT2D eigenvalue weighted by Gasteiger charge is -2.17. The van der Waals surface area contributed by atoms with Gasteiger partial charge in [-0.1, -0.05) is 24.3 Å². The minimum absolute atomic E-state index is 0.0992. The van der Waals surface area contributed by atoms with E-state index >= 15 is 0 Å². The molecule has 0 spiro atoms. The summed E-state index contributed by atoms with van der Waals surface area (Å²) in [5.41, 5.74) is 1.53. The molecule has 0 unspecified atom stereocenters. The highest BCUT2D eigenvalue weighted by molar-refractivity contribution is 5.89. The van der Waals surface area contributed by atoms with Gasteiger partial charge < -0.3 is 10.2 Å². The molecule has 1 aliphatic heterocycles. The lowest BCUT2D eigenvalue weighted by atomic mass is 10.1. The quantitative estimate of drug-likeness (QED) is 0.906. The highest BCUT2D eigenvalue weighted by Gasteiger charge is 2.32. The van der Waals surface area contributed by atoms with Crippen LogP contribution in [0.15, 0.2) is 48.5 Å². The Balaban J connectivity index is 1.53. The van der Waals surface area contributed by atoms with Gasteiger partial charge in [-0.25, -0.2) is 8.78 Å². The van der Waals surface area contributed by atoms with Crippen LogP contribution in [0.25, 0.3) is 0 Å². The number of amides is 2. The van der Waals surface area contributed by atoms with Crippen LogP contribution >= 0.6 is 0 Å². The fourth-order valence-corrected chi connectivity index (χ4v) is 2.87. The number of benzene rings is 2. The standard InChI is InChI=1S/C19H18F2N2O2/c20-15-5-1-13(2-6-15)11-18(24)22-17-9-10-23(19(17)25)12-14-3-7-16(21)8-4-14/h1-8,17H,9-12H2,(H,22,24)/t17-/m0/s1. The van der Waals surface area contributed by atoms with Gasteiger partial charge in [-0.15, -0.1) is 0 Å². The minimum atomic E-state index is -0.548. The maximum Gasteiger partial charge on any atom is 0.245 e. The van der Waals surface area contributed by atoms with Crippen molar-refractivity contribution < 1.29 is 18.4 Å². The molecule has 1 atom stereocenters. The first kappa shape index (κ1) is 17.1. The molecule has 2 amide bonds. The Morgan fingerprint density at radius 3 is 2.16 bits per heavy atom. The van der Waals surface area contributed by atoms with Gasteiger partial charge in [-0.2, -0.15) is 0 Å². The lowest BCUT2D eigenvalue weighted by Crippen LogP contribution is -2.41. The molecule has 1 saturated heterocycles. The van der Waals surface area contributed by atoms with Crippen molar-refractivity contribution in [2.75, 3.05) is 6.54 Å². The zero-order valence-corrected chi connectivity index (χ0v) is 13.5. The summed E-state index contributed by atoms with van der Waals surface area (Å²) in [7, 11) is 0. The van der Waals surface area contributed by atoms with Crippen molar-refractivity contribution in [1.29, 1.82) is 0 Å². The van der Waals surface area contributed by atoms with Gasteiger partial charge in [0, 0.05) is 13.1 Å². The second kappa shape index (κ2) is 7.42. The van der Waals surface area contributed by atoms with Gasteiger partial charge in [0.15, 0.2) is 0 Å². The number of carbonyl (C=O) groups is 2. The van der Waals surface area contributed by atoms with Crippen molar-refractivity contribution in [3.63, 3.8) is 0 Å². The summed E-state index contributed by atoms with van der Waals surface area (Å²) in [5.74, 6) is -1.08. The van der Waals surface area contributed by atoms with Crippen LogP contribution < -0.4 is 5.32 Å². The van der Waals surface area contributed by atoms with Crippen LogP contribution in [0.2, 0.25) is 0 Å². The average Bonchev–Trinajstić information content (AvgIpc) is 2.92. The maximum atomic E-state index is 12.9. The molecule has 3 rings (SSSR count). The Labute approximate surface area is 144 Å². The molecule has 0 bridgehead atoms.